The van der Waals surface area contributed by atoms with Crippen molar-refractivity contribution >= 4 is 0 Å². The van der Waals surface area contributed by atoms with Crippen molar-refractivity contribution in [1.29, 1.82) is 0 Å². The summed E-state index contributed by atoms with van der Waals surface area (Å²) in [7, 11) is 0. The third kappa shape index (κ3) is 4.55. The second-order valence-electron chi connectivity index (χ2n) is 6.88. The van der Waals surface area contributed by atoms with E-state index in [0.29, 0.717) is 0 Å². The average molecular weight is 399 g/mol. The summed E-state index contributed by atoms with van der Waals surface area (Å²) in [4.78, 5) is 30.0. The molecule has 0 unspecified atom stereocenters. The first-order valence-electron chi connectivity index (χ1n) is 9.67. The van der Waals surface area contributed by atoms with E-state index >= 15 is 0 Å². The molecule has 1 aromatic heterocycles. The molecule has 6 nitrogen and oxygen atoms in total. The maximum Gasteiger partial charge on any atom is 0.356 e. The Morgan fingerprint density at radius 3 is 1.63 bits per heavy atom. The predicted octanol–water partition coefficient (Wildman–Crippen LogP) is 3.08. The Hall–Kier alpha value is -3.93. The highest BCUT2D eigenvalue weighted by Crippen LogP contribution is 2.10. The SMILES string of the molecule is O=c1nc(OCc2ccccc2)n(Cc2ccccc2)c(=O)n1Cc1ccccc1. The van der Waals surface area contributed by atoms with Crippen LogP contribution in [0.2, 0.25) is 0 Å². The normalized spacial score (nSPS) is 10.7. The van der Waals surface area contributed by atoms with Gasteiger partial charge in [-0.3, -0.25) is 0 Å². The molecule has 30 heavy (non-hydrogen) atoms. The third-order valence-electron chi connectivity index (χ3n) is 4.69. The van der Waals surface area contributed by atoms with Crippen LogP contribution in [0.25, 0.3) is 0 Å². The lowest BCUT2D eigenvalue weighted by Crippen LogP contribution is -2.42. The van der Waals surface area contributed by atoms with Crippen molar-refractivity contribution in [3.63, 3.8) is 0 Å². The molecule has 0 aliphatic carbocycles. The van der Waals surface area contributed by atoms with E-state index in [0.717, 1.165) is 21.3 Å². The highest BCUT2D eigenvalue weighted by atomic mass is 16.5. The van der Waals surface area contributed by atoms with Crippen molar-refractivity contribution in [2.75, 3.05) is 0 Å². The molecule has 0 spiro atoms. The zero-order chi connectivity index (χ0) is 20.8. The van der Waals surface area contributed by atoms with Gasteiger partial charge in [0, 0.05) is 0 Å². The molecule has 0 saturated heterocycles. The molecular weight excluding hydrogens is 378 g/mol. The minimum absolute atomic E-state index is 0.0158. The zero-order valence-electron chi connectivity index (χ0n) is 16.3. The Bertz CT molecular complexity index is 1220. The van der Waals surface area contributed by atoms with Gasteiger partial charge in [-0.2, -0.15) is 0 Å². The highest BCUT2D eigenvalue weighted by molar-refractivity contribution is 5.18. The average Bonchev–Trinajstić information content (AvgIpc) is 2.79. The molecule has 4 aromatic rings. The van der Waals surface area contributed by atoms with Crippen LogP contribution in [-0.4, -0.2) is 14.1 Å². The first-order valence-corrected chi connectivity index (χ1v) is 9.67. The number of aromatic nitrogens is 3. The molecule has 3 aromatic carbocycles. The van der Waals surface area contributed by atoms with Crippen LogP contribution in [0.5, 0.6) is 6.01 Å². The molecular formula is C24H21N3O3. The van der Waals surface area contributed by atoms with Crippen molar-refractivity contribution in [1.82, 2.24) is 14.1 Å². The monoisotopic (exact) mass is 399 g/mol. The lowest BCUT2D eigenvalue weighted by Gasteiger charge is -2.15. The third-order valence-corrected chi connectivity index (χ3v) is 4.69. The van der Waals surface area contributed by atoms with Gasteiger partial charge in [-0.15, -0.1) is 4.98 Å². The molecule has 0 bridgehead atoms. The maximum absolute atomic E-state index is 13.2. The van der Waals surface area contributed by atoms with E-state index in [1.165, 1.54) is 4.57 Å². The standard InChI is InChI=1S/C24H21N3O3/c28-22-25-23(30-18-21-14-8-3-9-15-21)27(17-20-12-6-2-7-13-20)24(29)26(22)16-19-10-4-1-5-11-19/h1-15H,16-18H2. The van der Waals surface area contributed by atoms with Gasteiger partial charge in [0.25, 0.3) is 0 Å². The van der Waals surface area contributed by atoms with Crippen LogP contribution in [0, 0.1) is 0 Å². The van der Waals surface area contributed by atoms with Crippen LogP contribution in [-0.2, 0) is 19.7 Å². The summed E-state index contributed by atoms with van der Waals surface area (Å²) in [5, 5.41) is 0. The molecule has 0 fully saturated rings. The fourth-order valence-corrected chi connectivity index (χ4v) is 3.15. The van der Waals surface area contributed by atoms with Gasteiger partial charge in [0.15, 0.2) is 0 Å². The Morgan fingerprint density at radius 1 is 0.633 bits per heavy atom. The van der Waals surface area contributed by atoms with Crippen molar-refractivity contribution < 1.29 is 4.74 Å². The van der Waals surface area contributed by atoms with Crippen LogP contribution >= 0.6 is 0 Å². The fraction of sp³-hybridized carbons (Fsp3) is 0.125. The topological polar surface area (TPSA) is 66.1 Å². The number of rotatable bonds is 7. The summed E-state index contributed by atoms with van der Waals surface area (Å²) in [6, 6.07) is 28.5. The summed E-state index contributed by atoms with van der Waals surface area (Å²) in [5.74, 6) is 0. The van der Waals surface area contributed by atoms with Gasteiger partial charge in [0.1, 0.15) is 6.61 Å². The van der Waals surface area contributed by atoms with Gasteiger partial charge in [-0.25, -0.2) is 18.7 Å². The summed E-state index contributed by atoms with van der Waals surface area (Å²) in [5.41, 5.74) is 1.60. The fourth-order valence-electron chi connectivity index (χ4n) is 3.15. The molecule has 1 heterocycles. The highest BCUT2D eigenvalue weighted by Gasteiger charge is 2.15. The molecule has 0 radical (unpaired) electrons. The van der Waals surface area contributed by atoms with E-state index in [2.05, 4.69) is 4.98 Å². The number of ether oxygens (including phenoxy) is 1. The quantitative estimate of drug-likeness (QED) is 0.479. The molecule has 0 saturated carbocycles. The second-order valence-corrected chi connectivity index (χ2v) is 6.88. The van der Waals surface area contributed by atoms with Gasteiger partial charge in [-0.05, 0) is 16.7 Å². The van der Waals surface area contributed by atoms with Crippen LogP contribution < -0.4 is 16.1 Å². The molecule has 6 heteroatoms. The number of hydrogen-bond donors (Lipinski definition) is 0. The van der Waals surface area contributed by atoms with Gasteiger partial charge in [0.2, 0.25) is 0 Å². The van der Waals surface area contributed by atoms with E-state index in [9.17, 15) is 9.59 Å². The number of hydrogen-bond acceptors (Lipinski definition) is 4. The molecule has 0 amide bonds. The maximum atomic E-state index is 13.2. The Kier molecular flexibility index (Phi) is 5.85. The van der Waals surface area contributed by atoms with Crippen LogP contribution in [0.15, 0.2) is 101 Å². The first kappa shape index (κ1) is 19.4. The Balaban J connectivity index is 1.72. The Morgan fingerprint density at radius 2 is 1.10 bits per heavy atom. The number of nitrogens with zero attached hydrogens (tertiary/aromatic N) is 3. The largest absolute Gasteiger partial charge is 0.460 e. The summed E-state index contributed by atoms with van der Waals surface area (Å²) < 4.78 is 8.34. The summed E-state index contributed by atoms with van der Waals surface area (Å²) >= 11 is 0. The van der Waals surface area contributed by atoms with Crippen molar-refractivity contribution in [3.8, 4) is 6.01 Å². The predicted molar refractivity (Wildman–Crippen MR) is 115 cm³/mol. The van der Waals surface area contributed by atoms with Gasteiger partial charge in [0.05, 0.1) is 13.1 Å². The minimum Gasteiger partial charge on any atom is -0.460 e. The van der Waals surface area contributed by atoms with Gasteiger partial charge in [-0.1, -0.05) is 91.0 Å². The lowest BCUT2D eigenvalue weighted by atomic mass is 10.2. The van der Waals surface area contributed by atoms with E-state index in [4.69, 9.17) is 4.74 Å². The number of benzene rings is 3. The van der Waals surface area contributed by atoms with Crippen LogP contribution in [0.4, 0.5) is 0 Å². The summed E-state index contributed by atoms with van der Waals surface area (Å²) in [6.07, 6.45) is 0. The van der Waals surface area contributed by atoms with Crippen molar-refractivity contribution in [2.45, 2.75) is 19.7 Å². The van der Waals surface area contributed by atoms with Gasteiger partial charge < -0.3 is 4.74 Å². The molecule has 0 N–H and O–H groups in total. The summed E-state index contributed by atoms with van der Waals surface area (Å²) in [6.45, 7) is 0.620. The molecule has 4 rings (SSSR count). The van der Waals surface area contributed by atoms with E-state index in [-0.39, 0.29) is 25.7 Å². The van der Waals surface area contributed by atoms with Crippen LogP contribution in [0.3, 0.4) is 0 Å². The van der Waals surface area contributed by atoms with Crippen LogP contribution in [0.1, 0.15) is 16.7 Å². The molecule has 150 valence electrons. The van der Waals surface area contributed by atoms with E-state index in [1.54, 1.807) is 0 Å². The van der Waals surface area contributed by atoms with Crippen molar-refractivity contribution in [2.24, 2.45) is 0 Å². The minimum atomic E-state index is -0.628. The lowest BCUT2D eigenvalue weighted by molar-refractivity contribution is 0.255. The molecule has 0 aliphatic rings. The van der Waals surface area contributed by atoms with Crippen molar-refractivity contribution in [3.05, 3.63) is 129 Å². The second kappa shape index (κ2) is 9.05. The van der Waals surface area contributed by atoms with E-state index < -0.39 is 11.4 Å². The zero-order valence-corrected chi connectivity index (χ0v) is 16.3. The molecule has 0 atom stereocenters. The Labute approximate surface area is 173 Å². The molecule has 0 aliphatic heterocycles. The van der Waals surface area contributed by atoms with E-state index in [1.807, 2.05) is 91.0 Å². The first-order chi connectivity index (χ1) is 14.7. The van der Waals surface area contributed by atoms with Gasteiger partial charge >= 0.3 is 17.4 Å². The smallest absolute Gasteiger partial charge is 0.356 e.